The maximum atomic E-state index is 8.94. The lowest BCUT2D eigenvalue weighted by atomic mass is 10.3. The van der Waals surface area contributed by atoms with E-state index in [4.69, 9.17) is 5.26 Å². The number of rotatable bonds is 2. The monoisotopic (exact) mass is 248 g/mol. The third kappa shape index (κ3) is 1.83. The van der Waals surface area contributed by atoms with E-state index in [1.165, 1.54) is 0 Å². The Labute approximate surface area is 108 Å². The predicted molar refractivity (Wildman–Crippen MR) is 70.1 cm³/mol. The van der Waals surface area contributed by atoms with Crippen molar-refractivity contribution in [3.05, 3.63) is 42.4 Å². The minimum atomic E-state index is 0.493. The van der Waals surface area contributed by atoms with E-state index in [2.05, 4.69) is 32.7 Å². The van der Waals surface area contributed by atoms with Gasteiger partial charge in [-0.15, -0.1) is 0 Å². The molecule has 3 aromatic rings. The molecule has 0 unspecified atom stereocenters. The van der Waals surface area contributed by atoms with Crippen molar-refractivity contribution >= 4 is 18.2 Å². The molecule has 0 aromatic carbocycles. The zero-order chi connectivity index (χ0) is 13.2. The van der Waals surface area contributed by atoms with Crippen LogP contribution in [0, 0.1) is 11.3 Å². The molecule has 0 bridgehead atoms. The van der Waals surface area contributed by atoms with E-state index >= 15 is 0 Å². The standard InChI is InChI=1S/C13H8N6/c1-15-11-4-5-16-13(18-11)10-7-17-12-3-2-9(6-14)8-19(10)12/h2-5,7-8H,1H2. The average molecular weight is 248 g/mol. The molecule has 90 valence electrons. The van der Waals surface area contributed by atoms with Gasteiger partial charge in [-0.2, -0.15) is 5.26 Å². The normalized spacial score (nSPS) is 10.3. The van der Waals surface area contributed by atoms with E-state index in [1.54, 1.807) is 41.2 Å². The van der Waals surface area contributed by atoms with E-state index in [-0.39, 0.29) is 0 Å². The Morgan fingerprint density at radius 3 is 2.95 bits per heavy atom. The van der Waals surface area contributed by atoms with Crippen molar-refractivity contribution in [2.24, 2.45) is 4.99 Å². The highest BCUT2D eigenvalue weighted by molar-refractivity contribution is 5.59. The molecule has 0 saturated carbocycles. The minimum Gasteiger partial charge on any atom is -0.296 e. The number of hydrogen-bond acceptors (Lipinski definition) is 5. The number of aliphatic imine (C=N–C) groups is 1. The molecule has 0 aliphatic heterocycles. The zero-order valence-electron chi connectivity index (χ0n) is 9.85. The second kappa shape index (κ2) is 4.31. The van der Waals surface area contributed by atoms with Gasteiger partial charge in [-0.05, 0) is 18.9 Å². The summed E-state index contributed by atoms with van der Waals surface area (Å²) in [5, 5.41) is 8.94. The van der Waals surface area contributed by atoms with Gasteiger partial charge in [-0.1, -0.05) is 0 Å². The van der Waals surface area contributed by atoms with Gasteiger partial charge >= 0.3 is 0 Å². The number of fused-ring (bicyclic) bond motifs is 1. The molecular formula is C13H8N6. The summed E-state index contributed by atoms with van der Waals surface area (Å²) in [6.07, 6.45) is 4.98. The summed E-state index contributed by atoms with van der Waals surface area (Å²) in [5.74, 6) is 0.990. The molecule has 0 aliphatic carbocycles. The van der Waals surface area contributed by atoms with Gasteiger partial charge in [0.15, 0.2) is 11.6 Å². The first-order valence-corrected chi connectivity index (χ1v) is 5.49. The van der Waals surface area contributed by atoms with E-state index in [9.17, 15) is 0 Å². The van der Waals surface area contributed by atoms with E-state index < -0.39 is 0 Å². The summed E-state index contributed by atoms with van der Waals surface area (Å²) in [5.41, 5.74) is 1.98. The van der Waals surface area contributed by atoms with Crippen LogP contribution < -0.4 is 0 Å². The second-order valence-electron chi connectivity index (χ2n) is 3.80. The van der Waals surface area contributed by atoms with Crippen LogP contribution in [-0.2, 0) is 0 Å². The molecule has 0 fully saturated rings. The highest BCUT2D eigenvalue weighted by Crippen LogP contribution is 2.19. The van der Waals surface area contributed by atoms with Gasteiger partial charge in [0.05, 0.1) is 11.8 Å². The Hall–Kier alpha value is -3.07. The largest absolute Gasteiger partial charge is 0.296 e. The SMILES string of the molecule is C=Nc1ccnc(-c2cnc3ccc(C#N)cn23)n1. The molecule has 3 heterocycles. The summed E-state index contributed by atoms with van der Waals surface area (Å²) in [6.45, 7) is 3.44. The zero-order valence-corrected chi connectivity index (χ0v) is 9.85. The van der Waals surface area contributed by atoms with Crippen molar-refractivity contribution in [1.82, 2.24) is 19.4 Å². The fourth-order valence-electron chi connectivity index (χ4n) is 1.77. The fourth-order valence-corrected chi connectivity index (χ4v) is 1.77. The first-order valence-electron chi connectivity index (χ1n) is 5.49. The molecule has 0 spiro atoms. The van der Waals surface area contributed by atoms with Crippen molar-refractivity contribution < 1.29 is 0 Å². The van der Waals surface area contributed by atoms with Crippen LogP contribution in [0.25, 0.3) is 17.2 Å². The second-order valence-corrected chi connectivity index (χ2v) is 3.80. The molecule has 0 saturated heterocycles. The maximum Gasteiger partial charge on any atom is 0.180 e. The third-order valence-electron chi connectivity index (χ3n) is 2.67. The molecule has 0 amide bonds. The number of pyridine rings is 1. The Bertz CT molecular complexity index is 811. The number of aromatic nitrogens is 4. The van der Waals surface area contributed by atoms with E-state index in [1.807, 2.05) is 0 Å². The Kier molecular flexibility index (Phi) is 2.50. The Morgan fingerprint density at radius 1 is 1.26 bits per heavy atom. The highest BCUT2D eigenvalue weighted by atomic mass is 15.1. The van der Waals surface area contributed by atoms with Gasteiger partial charge in [0.25, 0.3) is 0 Å². The summed E-state index contributed by atoms with van der Waals surface area (Å²) in [4.78, 5) is 16.5. The van der Waals surface area contributed by atoms with Crippen LogP contribution in [0.5, 0.6) is 0 Å². The summed E-state index contributed by atoms with van der Waals surface area (Å²) in [6, 6.07) is 7.25. The third-order valence-corrected chi connectivity index (χ3v) is 2.67. The molecule has 0 N–H and O–H groups in total. The van der Waals surface area contributed by atoms with Gasteiger partial charge in [0.1, 0.15) is 17.4 Å². The number of nitrogens with zero attached hydrogens (tertiary/aromatic N) is 6. The van der Waals surface area contributed by atoms with Crippen LogP contribution in [0.3, 0.4) is 0 Å². The van der Waals surface area contributed by atoms with Gasteiger partial charge in [-0.3, -0.25) is 4.40 Å². The first kappa shape index (κ1) is 11.0. The Morgan fingerprint density at radius 2 is 2.16 bits per heavy atom. The Balaban J connectivity index is 2.24. The average Bonchev–Trinajstić information content (AvgIpc) is 2.90. The van der Waals surface area contributed by atoms with Crippen LogP contribution in [0.2, 0.25) is 0 Å². The van der Waals surface area contributed by atoms with E-state index in [0.29, 0.717) is 22.9 Å². The van der Waals surface area contributed by atoms with Gasteiger partial charge in [0.2, 0.25) is 0 Å². The first-order chi connectivity index (χ1) is 9.31. The van der Waals surface area contributed by atoms with Crippen LogP contribution in [0.4, 0.5) is 5.82 Å². The van der Waals surface area contributed by atoms with Gasteiger partial charge in [0, 0.05) is 18.5 Å². The topological polar surface area (TPSA) is 79.2 Å². The molecule has 6 heteroatoms. The van der Waals surface area contributed by atoms with Crippen molar-refractivity contribution in [2.75, 3.05) is 0 Å². The number of nitriles is 1. The van der Waals surface area contributed by atoms with Crippen molar-refractivity contribution in [3.8, 4) is 17.6 Å². The molecule has 3 aromatic heterocycles. The predicted octanol–water partition coefficient (Wildman–Crippen LogP) is 2.00. The number of hydrogen-bond donors (Lipinski definition) is 0. The minimum absolute atomic E-state index is 0.493. The summed E-state index contributed by atoms with van der Waals surface area (Å²) < 4.78 is 1.78. The summed E-state index contributed by atoms with van der Waals surface area (Å²) >= 11 is 0. The van der Waals surface area contributed by atoms with E-state index in [0.717, 1.165) is 5.65 Å². The van der Waals surface area contributed by atoms with Crippen LogP contribution >= 0.6 is 0 Å². The molecule has 0 atom stereocenters. The molecule has 19 heavy (non-hydrogen) atoms. The summed E-state index contributed by atoms with van der Waals surface area (Å²) in [7, 11) is 0. The lowest BCUT2D eigenvalue weighted by Crippen LogP contribution is -1.94. The quantitative estimate of drug-likeness (QED) is 0.649. The van der Waals surface area contributed by atoms with Gasteiger partial charge in [-0.25, -0.2) is 19.9 Å². The maximum absolute atomic E-state index is 8.94. The molecule has 6 nitrogen and oxygen atoms in total. The van der Waals surface area contributed by atoms with Crippen LogP contribution in [0.15, 0.2) is 41.8 Å². The lowest BCUT2D eigenvalue weighted by molar-refractivity contribution is 1.10. The van der Waals surface area contributed by atoms with Gasteiger partial charge < -0.3 is 0 Å². The smallest absolute Gasteiger partial charge is 0.180 e. The van der Waals surface area contributed by atoms with Crippen molar-refractivity contribution in [3.63, 3.8) is 0 Å². The molecule has 3 rings (SSSR count). The number of imidazole rings is 1. The highest BCUT2D eigenvalue weighted by Gasteiger charge is 2.09. The van der Waals surface area contributed by atoms with Crippen LogP contribution in [-0.4, -0.2) is 26.1 Å². The molecular weight excluding hydrogens is 240 g/mol. The van der Waals surface area contributed by atoms with Crippen LogP contribution in [0.1, 0.15) is 5.56 Å². The fraction of sp³-hybridized carbons (Fsp3) is 0. The molecule has 0 aliphatic rings. The molecule has 0 radical (unpaired) electrons. The van der Waals surface area contributed by atoms with Crippen molar-refractivity contribution in [2.45, 2.75) is 0 Å². The lowest BCUT2D eigenvalue weighted by Gasteiger charge is -2.01. The van der Waals surface area contributed by atoms with Crippen molar-refractivity contribution in [1.29, 1.82) is 5.26 Å².